The zero-order valence-electron chi connectivity index (χ0n) is 14.1. The fourth-order valence-electron chi connectivity index (χ4n) is 3.60. The van der Waals surface area contributed by atoms with Gasteiger partial charge in [0.2, 0.25) is 11.8 Å². The molecule has 3 rings (SSSR count). The van der Waals surface area contributed by atoms with Crippen molar-refractivity contribution in [2.75, 3.05) is 32.7 Å². The van der Waals surface area contributed by atoms with Crippen LogP contribution in [0.3, 0.4) is 0 Å². The van der Waals surface area contributed by atoms with E-state index in [1.165, 1.54) is 13.0 Å². The molecule has 0 spiro atoms. The van der Waals surface area contributed by atoms with E-state index in [0.717, 1.165) is 25.9 Å². The highest BCUT2D eigenvalue weighted by Crippen LogP contribution is 2.20. The highest BCUT2D eigenvalue weighted by atomic mass is 19.1. The smallest absolute Gasteiger partial charge is 0.245 e. The van der Waals surface area contributed by atoms with E-state index >= 15 is 0 Å². The molecular formula is C18H24FN3O2. The highest BCUT2D eigenvalue weighted by molar-refractivity contribution is 5.87. The molecule has 1 atom stereocenters. The summed E-state index contributed by atoms with van der Waals surface area (Å²) in [6.45, 7) is 5.50. The molecular weight excluding hydrogens is 309 g/mol. The lowest BCUT2D eigenvalue weighted by Crippen LogP contribution is -2.54. The first-order valence-corrected chi connectivity index (χ1v) is 8.58. The van der Waals surface area contributed by atoms with Crippen molar-refractivity contribution in [1.29, 1.82) is 0 Å². The lowest BCUT2D eigenvalue weighted by atomic mass is 10.1. The minimum absolute atomic E-state index is 0.0240. The van der Waals surface area contributed by atoms with Crippen LogP contribution < -0.4 is 0 Å². The van der Waals surface area contributed by atoms with Crippen molar-refractivity contribution in [3.8, 4) is 0 Å². The van der Waals surface area contributed by atoms with Crippen molar-refractivity contribution in [2.45, 2.75) is 32.4 Å². The minimum Gasteiger partial charge on any atom is -0.338 e. The maximum absolute atomic E-state index is 13.7. The van der Waals surface area contributed by atoms with E-state index in [-0.39, 0.29) is 23.7 Å². The molecule has 1 aromatic rings. The lowest BCUT2D eigenvalue weighted by Gasteiger charge is -2.37. The van der Waals surface area contributed by atoms with Gasteiger partial charge >= 0.3 is 0 Å². The van der Waals surface area contributed by atoms with Crippen molar-refractivity contribution < 1.29 is 14.0 Å². The Balaban J connectivity index is 1.54. The van der Waals surface area contributed by atoms with Crippen LogP contribution in [0.15, 0.2) is 24.3 Å². The molecule has 0 bridgehead atoms. The van der Waals surface area contributed by atoms with Crippen LogP contribution in [-0.4, -0.2) is 65.3 Å². The van der Waals surface area contributed by atoms with Crippen molar-refractivity contribution >= 4 is 11.8 Å². The SMILES string of the molecule is CC(=O)N1CCC[C@H]1C(=O)N1CCN(Cc2ccccc2F)CC1. The summed E-state index contributed by atoms with van der Waals surface area (Å²) in [4.78, 5) is 30.0. The second kappa shape index (κ2) is 7.30. The number of rotatable bonds is 3. The van der Waals surface area contributed by atoms with Crippen molar-refractivity contribution in [1.82, 2.24) is 14.7 Å². The van der Waals surface area contributed by atoms with Gasteiger partial charge in [-0.15, -0.1) is 0 Å². The number of piperazine rings is 1. The number of amides is 2. The fourth-order valence-corrected chi connectivity index (χ4v) is 3.60. The summed E-state index contributed by atoms with van der Waals surface area (Å²) in [6, 6.07) is 6.52. The number of likely N-dealkylation sites (tertiary alicyclic amines) is 1. The normalized spacial score (nSPS) is 22.0. The summed E-state index contributed by atoms with van der Waals surface area (Å²) in [5.74, 6) is -0.142. The Kier molecular flexibility index (Phi) is 5.14. The van der Waals surface area contributed by atoms with Crippen LogP contribution in [0.25, 0.3) is 0 Å². The first-order chi connectivity index (χ1) is 11.6. The Morgan fingerprint density at radius 2 is 1.83 bits per heavy atom. The standard InChI is InChI=1S/C18H24FN3O2/c1-14(23)22-8-4-7-17(22)18(24)21-11-9-20(10-12-21)13-15-5-2-3-6-16(15)19/h2-3,5-6,17H,4,7-13H2,1H3/t17-/m0/s1. The van der Waals surface area contributed by atoms with Gasteiger partial charge in [0.1, 0.15) is 11.9 Å². The monoisotopic (exact) mass is 333 g/mol. The molecule has 2 saturated heterocycles. The molecule has 0 unspecified atom stereocenters. The van der Waals surface area contributed by atoms with E-state index in [1.54, 1.807) is 17.0 Å². The van der Waals surface area contributed by atoms with Crippen LogP contribution in [0, 0.1) is 5.82 Å². The van der Waals surface area contributed by atoms with Crippen LogP contribution in [0.5, 0.6) is 0 Å². The molecule has 130 valence electrons. The third-order valence-electron chi connectivity index (χ3n) is 4.98. The van der Waals surface area contributed by atoms with Crippen LogP contribution in [-0.2, 0) is 16.1 Å². The van der Waals surface area contributed by atoms with E-state index in [0.29, 0.717) is 31.7 Å². The molecule has 2 aliphatic heterocycles. The molecule has 6 heteroatoms. The van der Waals surface area contributed by atoms with Gasteiger partial charge in [-0.2, -0.15) is 0 Å². The largest absolute Gasteiger partial charge is 0.338 e. The van der Waals surface area contributed by atoms with Crippen molar-refractivity contribution in [3.63, 3.8) is 0 Å². The molecule has 5 nitrogen and oxygen atoms in total. The van der Waals surface area contributed by atoms with Crippen molar-refractivity contribution in [2.24, 2.45) is 0 Å². The summed E-state index contributed by atoms with van der Waals surface area (Å²) in [5, 5.41) is 0. The Labute approximate surface area is 142 Å². The zero-order chi connectivity index (χ0) is 17.1. The molecule has 0 aliphatic carbocycles. The third kappa shape index (κ3) is 3.59. The number of hydrogen-bond acceptors (Lipinski definition) is 3. The maximum atomic E-state index is 13.7. The predicted molar refractivity (Wildman–Crippen MR) is 88.7 cm³/mol. The van der Waals surface area contributed by atoms with Gasteiger partial charge in [0.25, 0.3) is 0 Å². The van der Waals surface area contributed by atoms with Crippen LogP contribution >= 0.6 is 0 Å². The number of benzene rings is 1. The van der Waals surface area contributed by atoms with E-state index in [4.69, 9.17) is 0 Å². The van der Waals surface area contributed by atoms with Crippen LogP contribution in [0.2, 0.25) is 0 Å². The maximum Gasteiger partial charge on any atom is 0.245 e. The second-order valence-corrected chi connectivity index (χ2v) is 6.56. The number of carbonyl (C=O) groups is 2. The van der Waals surface area contributed by atoms with Crippen LogP contribution in [0.4, 0.5) is 4.39 Å². The predicted octanol–water partition coefficient (Wildman–Crippen LogP) is 1.48. The van der Waals surface area contributed by atoms with Gasteiger partial charge < -0.3 is 9.80 Å². The summed E-state index contributed by atoms with van der Waals surface area (Å²) in [5.41, 5.74) is 0.691. The number of halogens is 1. The first kappa shape index (κ1) is 16.9. The summed E-state index contributed by atoms with van der Waals surface area (Å²) in [6.07, 6.45) is 1.65. The summed E-state index contributed by atoms with van der Waals surface area (Å²) >= 11 is 0. The molecule has 0 aromatic heterocycles. The van der Waals surface area contributed by atoms with Crippen molar-refractivity contribution in [3.05, 3.63) is 35.6 Å². The van der Waals surface area contributed by atoms with Gasteiger partial charge in [0.05, 0.1) is 0 Å². The topological polar surface area (TPSA) is 43.9 Å². The first-order valence-electron chi connectivity index (χ1n) is 8.58. The molecule has 0 radical (unpaired) electrons. The Morgan fingerprint density at radius 1 is 1.12 bits per heavy atom. The Morgan fingerprint density at radius 3 is 2.50 bits per heavy atom. The van der Waals surface area contributed by atoms with Gasteiger partial charge in [-0.05, 0) is 18.9 Å². The molecule has 2 fully saturated rings. The average Bonchev–Trinajstić information content (AvgIpc) is 3.07. The Bertz CT molecular complexity index is 614. The minimum atomic E-state index is -0.291. The van der Waals surface area contributed by atoms with Crippen LogP contribution in [0.1, 0.15) is 25.3 Å². The van der Waals surface area contributed by atoms with Gasteiger partial charge in [0, 0.05) is 51.8 Å². The lowest BCUT2D eigenvalue weighted by molar-refractivity contribution is -0.144. The van der Waals surface area contributed by atoms with Gasteiger partial charge in [-0.25, -0.2) is 4.39 Å². The van der Waals surface area contributed by atoms with E-state index in [2.05, 4.69) is 4.90 Å². The zero-order valence-corrected chi connectivity index (χ0v) is 14.1. The molecule has 2 amide bonds. The Hall–Kier alpha value is -1.95. The number of nitrogens with zero attached hydrogens (tertiary/aromatic N) is 3. The number of hydrogen-bond donors (Lipinski definition) is 0. The molecule has 1 aromatic carbocycles. The fraction of sp³-hybridized carbons (Fsp3) is 0.556. The molecule has 0 N–H and O–H groups in total. The summed E-state index contributed by atoms with van der Waals surface area (Å²) < 4.78 is 13.7. The van der Waals surface area contributed by atoms with Gasteiger partial charge in [-0.1, -0.05) is 18.2 Å². The number of carbonyl (C=O) groups excluding carboxylic acids is 2. The average molecular weight is 333 g/mol. The summed E-state index contributed by atoms with van der Waals surface area (Å²) in [7, 11) is 0. The molecule has 2 heterocycles. The molecule has 0 saturated carbocycles. The quantitative estimate of drug-likeness (QED) is 0.842. The molecule has 24 heavy (non-hydrogen) atoms. The molecule has 2 aliphatic rings. The van der Waals surface area contributed by atoms with E-state index in [1.807, 2.05) is 11.0 Å². The second-order valence-electron chi connectivity index (χ2n) is 6.56. The van der Waals surface area contributed by atoms with E-state index < -0.39 is 0 Å². The third-order valence-corrected chi connectivity index (χ3v) is 4.98. The van der Waals surface area contributed by atoms with Gasteiger partial charge in [-0.3, -0.25) is 14.5 Å². The van der Waals surface area contributed by atoms with E-state index in [9.17, 15) is 14.0 Å². The highest BCUT2D eigenvalue weighted by Gasteiger charge is 2.36. The van der Waals surface area contributed by atoms with Gasteiger partial charge in [0.15, 0.2) is 0 Å².